The maximum Gasteiger partial charge on any atom is 0.161 e. The van der Waals surface area contributed by atoms with Crippen LogP contribution in [0, 0.1) is 28.7 Å². The summed E-state index contributed by atoms with van der Waals surface area (Å²) in [6, 6.07) is 16.5. The molecule has 0 radical (unpaired) electrons. The van der Waals surface area contributed by atoms with Gasteiger partial charge < -0.3 is 5.73 Å². The van der Waals surface area contributed by atoms with Gasteiger partial charge in [0.2, 0.25) is 0 Å². The van der Waals surface area contributed by atoms with E-state index in [1.165, 1.54) is 0 Å². The number of ketones is 1. The smallest absolute Gasteiger partial charge is 0.161 e. The molecule has 0 fully saturated rings. The molecule has 4 nitrogen and oxygen atoms in total. The van der Waals surface area contributed by atoms with E-state index in [4.69, 9.17) is 5.73 Å². The zero-order valence-corrected chi connectivity index (χ0v) is 18.7. The Balaban J connectivity index is 1.98. The molecule has 0 saturated heterocycles. The molecule has 1 aliphatic heterocycles. The van der Waals surface area contributed by atoms with E-state index in [1.807, 2.05) is 55.1 Å². The molecule has 2 aromatic rings. The van der Waals surface area contributed by atoms with Crippen molar-refractivity contribution in [3.05, 3.63) is 85.4 Å². The number of nitrogens with two attached hydrogens (primary N) is 1. The number of hydrogen-bond acceptors (Lipinski definition) is 4. The predicted molar refractivity (Wildman–Crippen MR) is 123 cm³/mol. The maximum atomic E-state index is 13.1. The van der Waals surface area contributed by atoms with Crippen molar-refractivity contribution in [2.75, 3.05) is 4.90 Å². The number of halogens is 1. The lowest BCUT2D eigenvalue weighted by molar-refractivity contribution is -0.116. The highest BCUT2D eigenvalue weighted by Gasteiger charge is 2.40. The van der Waals surface area contributed by atoms with E-state index in [-0.39, 0.29) is 5.78 Å². The molecule has 0 saturated carbocycles. The van der Waals surface area contributed by atoms with Crippen molar-refractivity contribution in [1.82, 2.24) is 0 Å². The first-order valence-corrected chi connectivity index (χ1v) is 10.8. The summed E-state index contributed by atoms with van der Waals surface area (Å²) >= 11 is 2.26. The summed E-state index contributed by atoms with van der Waals surface area (Å²) in [7, 11) is 0. The Morgan fingerprint density at radius 3 is 2.52 bits per heavy atom. The Morgan fingerprint density at radius 2 is 1.86 bits per heavy atom. The van der Waals surface area contributed by atoms with Gasteiger partial charge in [0.15, 0.2) is 5.78 Å². The highest BCUT2D eigenvalue weighted by Crippen LogP contribution is 2.46. The Kier molecular flexibility index (Phi) is 5.22. The minimum Gasteiger partial charge on any atom is -0.384 e. The first-order valence-electron chi connectivity index (χ1n) is 9.71. The Hall–Kier alpha value is -2.59. The van der Waals surface area contributed by atoms with Crippen LogP contribution in [0.4, 0.5) is 5.69 Å². The highest BCUT2D eigenvalue weighted by molar-refractivity contribution is 14.1. The molecule has 146 valence electrons. The summed E-state index contributed by atoms with van der Waals surface area (Å²) in [6.45, 7) is 4.08. The van der Waals surface area contributed by atoms with Crippen LogP contribution >= 0.6 is 22.6 Å². The molecule has 5 heteroatoms. The van der Waals surface area contributed by atoms with Gasteiger partial charge in [0.1, 0.15) is 5.82 Å². The molecule has 0 spiro atoms. The average Bonchev–Trinajstić information content (AvgIpc) is 2.69. The number of nitrogens with zero attached hydrogens (tertiary/aromatic N) is 2. The van der Waals surface area contributed by atoms with E-state index >= 15 is 0 Å². The number of rotatable bonds is 2. The Bertz CT molecular complexity index is 1110. The summed E-state index contributed by atoms with van der Waals surface area (Å²) < 4.78 is 1.12. The number of hydrogen-bond donors (Lipinski definition) is 1. The average molecular weight is 495 g/mol. The molecular weight excluding hydrogens is 473 g/mol. The number of benzene rings is 2. The Morgan fingerprint density at radius 1 is 1.14 bits per heavy atom. The lowest BCUT2D eigenvalue weighted by Gasteiger charge is -2.40. The first-order chi connectivity index (χ1) is 13.9. The largest absolute Gasteiger partial charge is 0.384 e. The van der Waals surface area contributed by atoms with E-state index < -0.39 is 5.92 Å². The second kappa shape index (κ2) is 7.68. The third-order valence-electron chi connectivity index (χ3n) is 5.73. The van der Waals surface area contributed by atoms with Crippen molar-refractivity contribution >= 4 is 34.1 Å². The molecule has 1 unspecified atom stereocenters. The molecule has 1 aliphatic carbocycles. The van der Waals surface area contributed by atoms with Crippen molar-refractivity contribution in [1.29, 1.82) is 5.26 Å². The van der Waals surface area contributed by atoms with E-state index in [0.717, 1.165) is 50.1 Å². The second-order valence-corrected chi connectivity index (χ2v) is 8.90. The normalized spacial score (nSPS) is 19.3. The van der Waals surface area contributed by atoms with Crippen LogP contribution in [0.5, 0.6) is 0 Å². The summed E-state index contributed by atoms with van der Waals surface area (Å²) in [5, 5.41) is 10.1. The van der Waals surface area contributed by atoms with Gasteiger partial charge in [-0.2, -0.15) is 5.26 Å². The van der Waals surface area contributed by atoms with E-state index in [2.05, 4.69) is 34.7 Å². The van der Waals surface area contributed by atoms with Crippen molar-refractivity contribution in [2.24, 2.45) is 5.73 Å². The molecule has 2 aromatic carbocycles. The van der Waals surface area contributed by atoms with Gasteiger partial charge in [-0.15, -0.1) is 0 Å². The zero-order valence-electron chi connectivity index (χ0n) is 16.5. The van der Waals surface area contributed by atoms with Gasteiger partial charge in [-0.25, -0.2) is 0 Å². The molecule has 0 aromatic heterocycles. The third kappa shape index (κ3) is 3.36. The van der Waals surface area contributed by atoms with Crippen LogP contribution in [0.1, 0.15) is 41.9 Å². The van der Waals surface area contributed by atoms with Crippen molar-refractivity contribution in [3.63, 3.8) is 0 Å². The molecule has 2 aliphatic rings. The van der Waals surface area contributed by atoms with Crippen molar-refractivity contribution in [3.8, 4) is 6.07 Å². The number of Topliss-reactive ketones (excluding diaryl/α,β-unsaturated/α-hetero) is 1. The maximum absolute atomic E-state index is 13.1. The molecule has 1 heterocycles. The second-order valence-electron chi connectivity index (χ2n) is 7.65. The third-order valence-corrected chi connectivity index (χ3v) is 6.45. The van der Waals surface area contributed by atoms with E-state index in [0.29, 0.717) is 17.8 Å². The molecule has 29 heavy (non-hydrogen) atoms. The van der Waals surface area contributed by atoms with Gasteiger partial charge >= 0.3 is 0 Å². The number of aryl methyl sites for hydroxylation is 2. The predicted octanol–water partition coefficient (Wildman–Crippen LogP) is 5.21. The SMILES string of the molecule is Cc1ccc(C2C(C#N)=C(N)N(c3ccc(I)cc3)C3=C2C(=O)CCC3)c(C)c1. The fraction of sp³-hybridized carbons (Fsp3) is 0.250. The van der Waals surface area contributed by atoms with Gasteiger partial charge in [-0.3, -0.25) is 9.69 Å². The van der Waals surface area contributed by atoms with Gasteiger partial charge in [-0.1, -0.05) is 23.8 Å². The van der Waals surface area contributed by atoms with E-state index in [1.54, 1.807) is 0 Å². The van der Waals surface area contributed by atoms with Crippen LogP contribution in [0.15, 0.2) is 65.1 Å². The standard InChI is InChI=1S/C24H22IN3O/c1-14-6-11-18(15(2)12-14)22-19(13-26)24(27)28(17-9-7-16(25)8-10-17)20-4-3-5-21(29)23(20)22/h6-12,22H,3-5,27H2,1-2H3. The van der Waals surface area contributed by atoms with Crippen LogP contribution in [-0.4, -0.2) is 5.78 Å². The monoisotopic (exact) mass is 495 g/mol. The summed E-state index contributed by atoms with van der Waals surface area (Å²) in [6.07, 6.45) is 2.08. The minimum atomic E-state index is -0.400. The van der Waals surface area contributed by atoms with Crippen LogP contribution in [0.3, 0.4) is 0 Å². The van der Waals surface area contributed by atoms with Gasteiger partial charge in [0, 0.05) is 26.9 Å². The lowest BCUT2D eigenvalue weighted by Crippen LogP contribution is -2.38. The van der Waals surface area contributed by atoms with Crippen LogP contribution in [0.2, 0.25) is 0 Å². The summed E-state index contributed by atoms with van der Waals surface area (Å²) in [5.74, 6) is 0.141. The van der Waals surface area contributed by atoms with Crippen molar-refractivity contribution < 1.29 is 4.79 Å². The van der Waals surface area contributed by atoms with Crippen molar-refractivity contribution in [2.45, 2.75) is 39.0 Å². The minimum absolute atomic E-state index is 0.118. The topological polar surface area (TPSA) is 70.1 Å². The van der Waals surface area contributed by atoms with Crippen LogP contribution in [0.25, 0.3) is 0 Å². The molecule has 1 atom stereocenters. The number of carbonyl (C=O) groups excluding carboxylic acids is 1. The number of carbonyl (C=O) groups is 1. The first kappa shape index (κ1) is 19.7. The lowest BCUT2D eigenvalue weighted by atomic mass is 9.74. The summed E-state index contributed by atoms with van der Waals surface area (Å²) in [5.41, 5.74) is 12.8. The van der Waals surface area contributed by atoms with Crippen LogP contribution in [-0.2, 0) is 4.79 Å². The number of allylic oxidation sites excluding steroid dienone is 3. The number of nitriles is 1. The quantitative estimate of drug-likeness (QED) is 0.581. The van der Waals surface area contributed by atoms with E-state index in [9.17, 15) is 10.1 Å². The molecule has 0 bridgehead atoms. The van der Waals surface area contributed by atoms with Gasteiger partial charge in [-0.05, 0) is 84.7 Å². The zero-order chi connectivity index (χ0) is 20.7. The van der Waals surface area contributed by atoms with Gasteiger partial charge in [0.05, 0.1) is 17.6 Å². The highest BCUT2D eigenvalue weighted by atomic mass is 127. The fourth-order valence-corrected chi connectivity index (χ4v) is 4.79. The van der Waals surface area contributed by atoms with Crippen LogP contribution < -0.4 is 10.6 Å². The Labute approximate surface area is 184 Å². The molecule has 4 rings (SSSR count). The number of anilines is 1. The molecule has 0 amide bonds. The molecular formula is C24H22IN3O. The summed E-state index contributed by atoms with van der Waals surface area (Å²) in [4.78, 5) is 15.0. The fourth-order valence-electron chi connectivity index (χ4n) is 4.43. The molecule has 2 N–H and O–H groups in total. The van der Waals surface area contributed by atoms with Gasteiger partial charge in [0.25, 0.3) is 0 Å².